The molecular formula is C6H3Cl2Li. The van der Waals surface area contributed by atoms with Crippen LogP contribution < -0.4 is 18.9 Å². The van der Waals surface area contributed by atoms with Crippen molar-refractivity contribution in [3.05, 3.63) is 34.3 Å². The molecule has 0 aliphatic rings. The van der Waals surface area contributed by atoms with E-state index in [2.05, 4.69) is 6.07 Å². The Morgan fingerprint density at radius 1 is 1.33 bits per heavy atom. The van der Waals surface area contributed by atoms with Gasteiger partial charge in [0.15, 0.2) is 0 Å². The van der Waals surface area contributed by atoms with Crippen LogP contribution in [0.2, 0.25) is 10.0 Å². The molecule has 0 atom stereocenters. The van der Waals surface area contributed by atoms with Crippen molar-refractivity contribution < 1.29 is 18.9 Å². The fourth-order valence-corrected chi connectivity index (χ4v) is 0.649. The molecule has 0 N–H and O–H groups in total. The van der Waals surface area contributed by atoms with Crippen LogP contribution in [0.4, 0.5) is 0 Å². The van der Waals surface area contributed by atoms with Crippen LogP contribution in [0.3, 0.4) is 0 Å². The van der Waals surface area contributed by atoms with Crippen LogP contribution in [0.1, 0.15) is 0 Å². The Bertz CT molecular complexity index is 167. The van der Waals surface area contributed by atoms with Crippen molar-refractivity contribution in [3.8, 4) is 0 Å². The van der Waals surface area contributed by atoms with Gasteiger partial charge in [-0.15, -0.1) is 11.6 Å². The van der Waals surface area contributed by atoms with E-state index in [9.17, 15) is 0 Å². The molecule has 0 aliphatic carbocycles. The fraction of sp³-hybridized carbons (Fsp3) is 0. The van der Waals surface area contributed by atoms with E-state index in [1.807, 2.05) is 0 Å². The minimum Gasteiger partial charge on any atom is -0.175 e. The number of halogens is 2. The Morgan fingerprint density at radius 3 is 2.33 bits per heavy atom. The molecule has 0 unspecified atom stereocenters. The van der Waals surface area contributed by atoms with Gasteiger partial charge in [0.05, 0.1) is 0 Å². The second-order valence-electron chi connectivity index (χ2n) is 1.33. The van der Waals surface area contributed by atoms with Crippen LogP contribution in [0.25, 0.3) is 0 Å². The van der Waals surface area contributed by atoms with E-state index >= 15 is 0 Å². The fourth-order valence-electron chi connectivity index (χ4n) is 0.396. The van der Waals surface area contributed by atoms with Crippen molar-refractivity contribution in [1.29, 1.82) is 0 Å². The van der Waals surface area contributed by atoms with Crippen molar-refractivity contribution in [3.63, 3.8) is 0 Å². The predicted octanol–water partition coefficient (Wildman–Crippen LogP) is -0.202. The first-order valence-electron chi connectivity index (χ1n) is 2.12. The number of rotatable bonds is 0. The molecule has 0 bridgehead atoms. The van der Waals surface area contributed by atoms with Gasteiger partial charge in [0, 0.05) is 0 Å². The van der Waals surface area contributed by atoms with Gasteiger partial charge >= 0.3 is 18.9 Å². The van der Waals surface area contributed by atoms with Crippen molar-refractivity contribution in [1.82, 2.24) is 0 Å². The van der Waals surface area contributed by atoms with E-state index in [0.29, 0.717) is 10.0 Å². The largest absolute Gasteiger partial charge is 1.00 e. The molecule has 0 aromatic heterocycles. The molecule has 0 spiro atoms. The molecule has 0 saturated carbocycles. The Balaban J connectivity index is 0.000000640. The van der Waals surface area contributed by atoms with Crippen molar-refractivity contribution >= 4 is 23.2 Å². The molecule has 0 nitrogen and oxygen atoms in total. The molecule has 3 heteroatoms. The van der Waals surface area contributed by atoms with Crippen LogP contribution in [-0.2, 0) is 0 Å². The second-order valence-corrected chi connectivity index (χ2v) is 2.12. The summed E-state index contributed by atoms with van der Waals surface area (Å²) in [5.41, 5.74) is 0. The molecule has 0 amide bonds. The minimum absolute atomic E-state index is 0. The van der Waals surface area contributed by atoms with Gasteiger partial charge in [0.1, 0.15) is 0 Å². The third-order valence-corrected chi connectivity index (χ3v) is 1.48. The maximum Gasteiger partial charge on any atom is 1.00 e. The Morgan fingerprint density at radius 2 is 2.00 bits per heavy atom. The maximum atomic E-state index is 5.55. The number of benzene rings is 1. The molecule has 0 radical (unpaired) electrons. The van der Waals surface area contributed by atoms with E-state index < -0.39 is 0 Å². The molecule has 1 aromatic carbocycles. The van der Waals surface area contributed by atoms with E-state index in [4.69, 9.17) is 23.2 Å². The van der Waals surface area contributed by atoms with E-state index in [1.165, 1.54) is 0 Å². The van der Waals surface area contributed by atoms with Gasteiger partial charge in [-0.1, -0.05) is 10.0 Å². The van der Waals surface area contributed by atoms with E-state index in [1.54, 1.807) is 18.2 Å². The van der Waals surface area contributed by atoms with Crippen LogP contribution >= 0.6 is 23.2 Å². The zero-order chi connectivity index (χ0) is 5.98. The van der Waals surface area contributed by atoms with E-state index in [-0.39, 0.29) is 18.9 Å². The van der Waals surface area contributed by atoms with E-state index in [0.717, 1.165) is 0 Å². The summed E-state index contributed by atoms with van der Waals surface area (Å²) < 4.78 is 0. The van der Waals surface area contributed by atoms with Crippen LogP contribution in [0.15, 0.2) is 18.2 Å². The molecule has 1 aromatic rings. The third-order valence-electron chi connectivity index (χ3n) is 0.759. The van der Waals surface area contributed by atoms with Gasteiger partial charge in [-0.2, -0.15) is 35.9 Å². The normalized spacial score (nSPS) is 8.22. The minimum atomic E-state index is 0. The Kier molecular flexibility index (Phi) is 4.44. The van der Waals surface area contributed by atoms with Crippen LogP contribution in [0.5, 0.6) is 0 Å². The van der Waals surface area contributed by atoms with Gasteiger partial charge in [-0.25, -0.2) is 0 Å². The van der Waals surface area contributed by atoms with Gasteiger partial charge in [-0.3, -0.25) is 0 Å². The SMILES string of the molecule is Clc1[c-]cccc1Cl.[Li+]. The summed E-state index contributed by atoms with van der Waals surface area (Å²) in [7, 11) is 0. The van der Waals surface area contributed by atoms with Crippen molar-refractivity contribution in [2.75, 3.05) is 0 Å². The van der Waals surface area contributed by atoms with Gasteiger partial charge < -0.3 is 0 Å². The van der Waals surface area contributed by atoms with Gasteiger partial charge in [-0.05, 0) is 0 Å². The van der Waals surface area contributed by atoms with Gasteiger partial charge in [0.2, 0.25) is 0 Å². The Hall–Kier alpha value is 0.397. The maximum absolute atomic E-state index is 5.55. The first-order chi connectivity index (χ1) is 3.80. The van der Waals surface area contributed by atoms with Crippen molar-refractivity contribution in [2.24, 2.45) is 0 Å². The standard InChI is InChI=1S/C6H3Cl2.Li/c7-5-3-1-2-4-6(5)8;/h1-3H;/q-1;+1. The molecular weight excluding hydrogens is 150 g/mol. The topological polar surface area (TPSA) is 0 Å². The van der Waals surface area contributed by atoms with Crippen molar-refractivity contribution in [2.45, 2.75) is 0 Å². The summed E-state index contributed by atoms with van der Waals surface area (Å²) in [6.07, 6.45) is 0. The molecule has 0 saturated heterocycles. The summed E-state index contributed by atoms with van der Waals surface area (Å²) >= 11 is 11.1. The zero-order valence-corrected chi connectivity index (χ0v) is 6.50. The molecule has 0 aliphatic heterocycles. The molecule has 1 rings (SSSR count). The Labute approximate surface area is 76.3 Å². The molecule has 42 valence electrons. The van der Waals surface area contributed by atoms with Gasteiger partial charge in [0.25, 0.3) is 0 Å². The summed E-state index contributed by atoms with van der Waals surface area (Å²) in [6.45, 7) is 0. The third kappa shape index (κ3) is 2.65. The molecule has 0 fully saturated rings. The van der Waals surface area contributed by atoms with Crippen LogP contribution in [-0.4, -0.2) is 0 Å². The summed E-state index contributed by atoms with van der Waals surface area (Å²) in [5, 5.41) is 1.03. The predicted molar refractivity (Wildman–Crippen MR) is 35.3 cm³/mol. The number of hydrogen-bond acceptors (Lipinski definition) is 0. The number of hydrogen-bond donors (Lipinski definition) is 0. The monoisotopic (exact) mass is 152 g/mol. The average molecular weight is 153 g/mol. The van der Waals surface area contributed by atoms with Crippen LogP contribution in [0, 0.1) is 6.07 Å². The molecule has 0 heterocycles. The zero-order valence-electron chi connectivity index (χ0n) is 4.99. The smallest absolute Gasteiger partial charge is 0.175 e. The first kappa shape index (κ1) is 9.40. The first-order valence-corrected chi connectivity index (χ1v) is 2.88. The quantitative estimate of drug-likeness (QED) is 0.357. The summed E-state index contributed by atoms with van der Waals surface area (Å²) in [6, 6.07) is 7.96. The second kappa shape index (κ2) is 4.25. The summed E-state index contributed by atoms with van der Waals surface area (Å²) in [5.74, 6) is 0. The molecule has 9 heavy (non-hydrogen) atoms. The average Bonchev–Trinajstić information content (AvgIpc) is 1.77. The summed E-state index contributed by atoms with van der Waals surface area (Å²) in [4.78, 5) is 0.